The van der Waals surface area contributed by atoms with Crippen molar-refractivity contribution in [3.8, 4) is 0 Å². The molecule has 4 aromatic rings. The molecule has 0 N–H and O–H groups in total. The summed E-state index contributed by atoms with van der Waals surface area (Å²) in [6.07, 6.45) is 33.1. The zero-order valence-electron chi connectivity index (χ0n) is 29.4. The number of pyridine rings is 4. The van der Waals surface area contributed by atoms with Gasteiger partial charge in [0.1, 0.15) is 28.2 Å². The Morgan fingerprint density at radius 2 is 0.827 bits per heavy atom. The van der Waals surface area contributed by atoms with Crippen LogP contribution in [0, 0.1) is 0 Å². The van der Waals surface area contributed by atoms with Gasteiger partial charge in [-0.3, -0.25) is 0 Å². The van der Waals surface area contributed by atoms with Crippen molar-refractivity contribution in [2.24, 2.45) is 48.2 Å². The summed E-state index contributed by atoms with van der Waals surface area (Å²) in [6.45, 7) is 0. The van der Waals surface area contributed by atoms with Crippen molar-refractivity contribution in [1.82, 2.24) is 0 Å². The number of aliphatic imine (C=N–C) groups is 4. The van der Waals surface area contributed by atoms with Gasteiger partial charge in [-0.15, -0.1) is 0 Å². The smallest absolute Gasteiger partial charge is 0.169 e. The van der Waals surface area contributed by atoms with E-state index in [1.165, 1.54) is 0 Å². The highest BCUT2D eigenvalue weighted by Gasteiger charge is 2.34. The van der Waals surface area contributed by atoms with Gasteiger partial charge in [0.2, 0.25) is 0 Å². The highest BCUT2D eigenvalue weighted by Crippen LogP contribution is 2.45. The lowest BCUT2D eigenvalue weighted by molar-refractivity contribution is -0.671. The number of allylic oxidation sites excluding steroid dienone is 12. The van der Waals surface area contributed by atoms with Crippen LogP contribution in [0.5, 0.6) is 0 Å². The quantitative estimate of drug-likeness (QED) is 0.274. The number of fused-ring (bicyclic) bond motifs is 4. The van der Waals surface area contributed by atoms with Gasteiger partial charge in [-0.2, -0.15) is 0 Å². The van der Waals surface area contributed by atoms with Crippen molar-refractivity contribution in [3.63, 3.8) is 0 Å². The van der Waals surface area contributed by atoms with E-state index in [0.717, 1.165) is 90.2 Å². The normalized spacial score (nSPS) is 17.5. The zero-order chi connectivity index (χ0) is 35.3. The molecule has 8 heteroatoms. The van der Waals surface area contributed by atoms with E-state index in [1.807, 2.05) is 63.1 Å². The topological polar surface area (TPSA) is 65.0 Å². The van der Waals surface area contributed by atoms with Crippen LogP contribution in [0.15, 0.2) is 189 Å². The van der Waals surface area contributed by atoms with Crippen LogP contribution in [0.3, 0.4) is 0 Å². The molecule has 0 aliphatic carbocycles. The standard InChI is InChI=1S/C44H36N8/c1-49-17-9-29(10-18-49)38-27-37-26-35-6-5-33(45-35)25-34-7-8-36(46-34)28-39-40(30-11-19-50(2)20-12-30)41(31-13-21-51(3)22-14-31)44(48-39)42(43(38)47-37)32-15-23-52(4)24-16-32/h5-28H,1-4H3/q+4. The number of hydrogen-bond donors (Lipinski definition) is 0. The van der Waals surface area contributed by atoms with E-state index in [2.05, 4.69) is 130 Å². The van der Waals surface area contributed by atoms with Crippen LogP contribution in [0.4, 0.5) is 0 Å². The second-order valence-electron chi connectivity index (χ2n) is 13.4. The Balaban J connectivity index is 1.43. The van der Waals surface area contributed by atoms with Crippen LogP contribution in [0.2, 0.25) is 0 Å². The minimum Gasteiger partial charge on any atom is -0.249 e. The maximum absolute atomic E-state index is 5.62. The summed E-state index contributed by atoms with van der Waals surface area (Å²) in [7, 11) is 8.14. The molecule has 9 heterocycles. The fourth-order valence-corrected chi connectivity index (χ4v) is 6.88. The van der Waals surface area contributed by atoms with Crippen molar-refractivity contribution in [1.29, 1.82) is 0 Å². The summed E-state index contributed by atoms with van der Waals surface area (Å²) in [5, 5.41) is 0. The molecule has 5 aliphatic heterocycles. The van der Waals surface area contributed by atoms with Gasteiger partial charge in [0.25, 0.3) is 0 Å². The lowest BCUT2D eigenvalue weighted by Gasteiger charge is -2.16. The zero-order valence-corrected chi connectivity index (χ0v) is 29.4. The third-order valence-electron chi connectivity index (χ3n) is 9.57. The molecule has 0 aromatic carbocycles. The largest absolute Gasteiger partial charge is 0.249 e. The van der Waals surface area contributed by atoms with Crippen LogP contribution >= 0.6 is 0 Å². The third-order valence-corrected chi connectivity index (χ3v) is 9.57. The molecule has 248 valence electrons. The van der Waals surface area contributed by atoms with Gasteiger partial charge in [-0.05, 0) is 70.9 Å². The molecule has 0 radical (unpaired) electrons. The fourth-order valence-electron chi connectivity index (χ4n) is 6.88. The van der Waals surface area contributed by atoms with Crippen molar-refractivity contribution in [3.05, 3.63) is 192 Å². The Kier molecular flexibility index (Phi) is 7.51. The molecule has 52 heavy (non-hydrogen) atoms. The average Bonchev–Trinajstić information content (AvgIpc) is 3.95. The van der Waals surface area contributed by atoms with E-state index in [9.17, 15) is 0 Å². The van der Waals surface area contributed by atoms with E-state index < -0.39 is 0 Å². The van der Waals surface area contributed by atoms with Gasteiger partial charge >= 0.3 is 0 Å². The molecule has 0 unspecified atom stereocenters. The summed E-state index contributed by atoms with van der Waals surface area (Å²) in [5.41, 5.74) is 15.0. The molecule has 0 saturated heterocycles. The maximum atomic E-state index is 5.62. The predicted molar refractivity (Wildman–Crippen MR) is 204 cm³/mol. The molecule has 0 spiro atoms. The molecule has 5 aliphatic rings. The Morgan fingerprint density at radius 1 is 0.385 bits per heavy atom. The lowest BCUT2D eigenvalue weighted by Crippen LogP contribution is -2.26. The first-order valence-corrected chi connectivity index (χ1v) is 17.3. The van der Waals surface area contributed by atoms with E-state index in [1.54, 1.807) is 0 Å². The average molecular weight is 677 g/mol. The van der Waals surface area contributed by atoms with Gasteiger partial charge in [-0.25, -0.2) is 38.2 Å². The van der Waals surface area contributed by atoms with E-state index in [-0.39, 0.29) is 0 Å². The molecule has 4 aromatic heterocycles. The number of hydrogen-bond acceptors (Lipinski definition) is 4. The third kappa shape index (κ3) is 5.80. The van der Waals surface area contributed by atoms with Crippen molar-refractivity contribution in [2.75, 3.05) is 0 Å². The Labute approximate surface area is 302 Å². The first-order valence-electron chi connectivity index (χ1n) is 17.3. The Hall–Kier alpha value is -6.80. The van der Waals surface area contributed by atoms with E-state index in [4.69, 9.17) is 20.0 Å². The van der Waals surface area contributed by atoms with Gasteiger partial charge in [0, 0.05) is 70.8 Å². The summed E-state index contributed by atoms with van der Waals surface area (Å²) in [5.74, 6) is 0. The van der Waals surface area contributed by atoms with Gasteiger partial charge in [-0.1, -0.05) is 0 Å². The maximum Gasteiger partial charge on any atom is 0.169 e. The number of nitrogens with zero attached hydrogens (tertiary/aromatic N) is 8. The minimum atomic E-state index is 0.824. The highest BCUT2D eigenvalue weighted by atomic mass is 14.9. The molecular formula is C44H36N8+4. The molecule has 8 bridgehead atoms. The monoisotopic (exact) mass is 676 g/mol. The van der Waals surface area contributed by atoms with Crippen molar-refractivity contribution >= 4 is 45.1 Å². The molecule has 8 nitrogen and oxygen atoms in total. The first kappa shape index (κ1) is 31.2. The molecule has 0 amide bonds. The van der Waals surface area contributed by atoms with Crippen LogP contribution in [0.1, 0.15) is 22.3 Å². The van der Waals surface area contributed by atoms with Crippen LogP contribution < -0.4 is 18.3 Å². The number of rotatable bonds is 4. The van der Waals surface area contributed by atoms with E-state index >= 15 is 0 Å². The number of aryl methyl sites for hydroxylation is 4. The summed E-state index contributed by atoms with van der Waals surface area (Å²) in [6, 6.07) is 17.3. The predicted octanol–water partition coefficient (Wildman–Crippen LogP) is 4.99. The number of aromatic nitrogens is 4. The summed E-state index contributed by atoms with van der Waals surface area (Å²) < 4.78 is 8.21. The van der Waals surface area contributed by atoms with Crippen LogP contribution in [-0.2, 0) is 28.2 Å². The SMILES string of the molecule is C[n+]1ccc(C2=CC3=CC4=NC(=CC5=NC(=CC6=NC(=C(c7cc[n+](C)cc7)C2=N3)C(c2cc[n+](C)cc2)=C6c2cc[n+](C)cc2)C=C5)C=C4)cc1. The van der Waals surface area contributed by atoms with Gasteiger partial charge in [0.05, 0.1) is 45.6 Å². The molecule has 0 fully saturated rings. The van der Waals surface area contributed by atoms with E-state index in [0.29, 0.717) is 0 Å². The second kappa shape index (κ2) is 12.5. The summed E-state index contributed by atoms with van der Waals surface area (Å²) >= 11 is 0. The first-order chi connectivity index (χ1) is 25.3. The fraction of sp³-hybridized carbons (Fsp3) is 0.0909. The minimum absolute atomic E-state index is 0.824. The lowest BCUT2D eigenvalue weighted by atomic mass is 9.86. The molecule has 9 rings (SSSR count). The van der Waals surface area contributed by atoms with Crippen LogP contribution in [-0.4, -0.2) is 22.8 Å². The van der Waals surface area contributed by atoms with Crippen LogP contribution in [0.25, 0.3) is 22.3 Å². The Bertz CT molecular complexity index is 2580. The summed E-state index contributed by atoms with van der Waals surface area (Å²) in [4.78, 5) is 21.0. The Morgan fingerprint density at radius 3 is 1.37 bits per heavy atom. The highest BCUT2D eigenvalue weighted by molar-refractivity contribution is 6.50. The van der Waals surface area contributed by atoms with Crippen molar-refractivity contribution < 1.29 is 18.3 Å². The molecular weight excluding hydrogens is 641 g/mol. The van der Waals surface area contributed by atoms with Gasteiger partial charge < -0.3 is 0 Å². The van der Waals surface area contributed by atoms with Crippen molar-refractivity contribution in [2.45, 2.75) is 0 Å². The molecule has 0 atom stereocenters. The van der Waals surface area contributed by atoms with Gasteiger partial charge in [0.15, 0.2) is 49.6 Å². The second-order valence-corrected chi connectivity index (χ2v) is 13.4. The molecule has 0 saturated carbocycles.